The van der Waals surface area contributed by atoms with Gasteiger partial charge in [-0.25, -0.2) is 0 Å². The quantitative estimate of drug-likeness (QED) is 0.346. The van der Waals surface area contributed by atoms with Crippen LogP contribution in [0.5, 0.6) is 0 Å². The van der Waals surface area contributed by atoms with Gasteiger partial charge < -0.3 is 10.2 Å². The predicted molar refractivity (Wildman–Crippen MR) is 69.9 cm³/mol. The molecule has 0 aromatic rings. The first-order valence-electron chi connectivity index (χ1n) is 6.07. The van der Waals surface area contributed by atoms with Crippen LogP contribution in [0.2, 0.25) is 3.67 Å². The summed E-state index contributed by atoms with van der Waals surface area (Å²) < 4.78 is 30.2. The molecule has 0 amide bonds. The van der Waals surface area contributed by atoms with Crippen LogP contribution < -0.4 is 0 Å². The number of aliphatic carboxylic acids is 2. The van der Waals surface area contributed by atoms with E-state index in [1.54, 1.807) is 0 Å². The Morgan fingerprint density at radius 1 is 1.16 bits per heavy atom. The maximum atomic E-state index is 10.2. The summed E-state index contributed by atoms with van der Waals surface area (Å²) in [6, 6.07) is 0. The number of hydrogen-bond acceptors (Lipinski definition) is 4. The van der Waals surface area contributed by atoms with E-state index in [9.17, 15) is 18.0 Å². The van der Waals surface area contributed by atoms with E-state index in [1.807, 2.05) is 0 Å². The molecule has 1 unspecified atom stereocenters. The first-order chi connectivity index (χ1) is 8.66. The van der Waals surface area contributed by atoms with Gasteiger partial charge in [-0.1, -0.05) is 0 Å². The standard InChI is InChI=1S/C6H13.C4H6O7S.Na/c1-3-5-6-4-2;5-3(6)1-2(4(7)8)12(9,10)11;/h1,3-6H2,2H3;2H,1H2,(H,5,6)(H,7,8)(H,9,10,11);. The van der Waals surface area contributed by atoms with Crippen molar-refractivity contribution in [3.8, 4) is 0 Å². The molecule has 0 aromatic carbocycles. The second-order valence-corrected chi connectivity index (χ2v) is 6.60. The molecule has 0 saturated heterocycles. The van der Waals surface area contributed by atoms with Crippen molar-refractivity contribution in [2.75, 3.05) is 0 Å². The molecule has 108 valence electrons. The molecular weight excluding hydrogens is 287 g/mol. The first-order valence-corrected chi connectivity index (χ1v) is 8.99. The van der Waals surface area contributed by atoms with E-state index in [1.165, 1.54) is 57.3 Å². The molecule has 3 N–H and O–H groups in total. The fourth-order valence-electron chi connectivity index (χ4n) is 1.16. The Morgan fingerprint density at radius 2 is 1.68 bits per heavy atom. The molecule has 1 atom stereocenters. The summed E-state index contributed by atoms with van der Waals surface area (Å²) in [6.45, 7) is 2.26. The normalized spacial score (nSPS) is 12.2. The van der Waals surface area contributed by atoms with Gasteiger partial charge in [-0.15, -0.1) is 0 Å². The second kappa shape index (κ2) is 11.7. The van der Waals surface area contributed by atoms with Gasteiger partial charge in [0.05, 0.1) is 6.42 Å². The van der Waals surface area contributed by atoms with Gasteiger partial charge in [0.25, 0.3) is 10.1 Å². The molecule has 0 aliphatic rings. The molecule has 0 rings (SSSR count). The number of carbonyl (C=O) groups is 2. The van der Waals surface area contributed by atoms with Crippen molar-refractivity contribution in [1.82, 2.24) is 0 Å². The summed E-state index contributed by atoms with van der Waals surface area (Å²) >= 11 is 1.41. The van der Waals surface area contributed by atoms with E-state index in [-0.39, 0.29) is 0 Å². The molecule has 9 heteroatoms. The number of carboxylic acid groups (broad SMARTS) is 2. The van der Waals surface area contributed by atoms with E-state index in [0.717, 1.165) is 0 Å². The number of carboxylic acids is 2. The Labute approximate surface area is 130 Å². The van der Waals surface area contributed by atoms with Crippen molar-refractivity contribution in [2.45, 2.75) is 47.9 Å². The summed E-state index contributed by atoms with van der Waals surface area (Å²) in [5, 5.41) is 13.9. The fourth-order valence-corrected chi connectivity index (χ4v) is 2.26. The third kappa shape index (κ3) is 14.1. The van der Waals surface area contributed by atoms with Crippen molar-refractivity contribution in [2.24, 2.45) is 0 Å². The zero-order valence-corrected chi connectivity index (χ0v) is 14.0. The topological polar surface area (TPSA) is 129 Å². The predicted octanol–water partition coefficient (Wildman–Crippen LogP) is 0.956. The Morgan fingerprint density at radius 3 is 1.89 bits per heavy atom. The molecule has 0 radical (unpaired) electrons. The van der Waals surface area contributed by atoms with Crippen LogP contribution in [0.1, 0.15) is 39.0 Å². The molecule has 0 spiro atoms. The molecule has 0 aromatic heterocycles. The SMILES string of the molecule is CCCCC[CH2][Na].O=C(O)CC(C(=O)O)S(=O)(=O)O. The smallest absolute Gasteiger partial charge is 0.325 e. The Kier molecular flexibility index (Phi) is 13.0. The van der Waals surface area contributed by atoms with Crippen LogP contribution >= 0.6 is 0 Å². The number of hydrogen-bond donors (Lipinski definition) is 3. The van der Waals surface area contributed by atoms with E-state index < -0.39 is 33.7 Å². The van der Waals surface area contributed by atoms with Crippen molar-refractivity contribution in [3.05, 3.63) is 0 Å². The van der Waals surface area contributed by atoms with Crippen molar-refractivity contribution in [1.29, 1.82) is 0 Å². The number of unbranched alkanes of at least 4 members (excludes halogenated alkanes) is 3. The van der Waals surface area contributed by atoms with Crippen LogP contribution in [0.4, 0.5) is 0 Å². The van der Waals surface area contributed by atoms with Crippen LogP contribution in [0.25, 0.3) is 0 Å². The summed E-state index contributed by atoms with van der Waals surface area (Å²) in [4.78, 5) is 20.0. The number of rotatable bonds is 8. The van der Waals surface area contributed by atoms with Gasteiger partial charge in [-0.05, 0) is 0 Å². The molecule has 19 heavy (non-hydrogen) atoms. The van der Waals surface area contributed by atoms with Gasteiger partial charge in [0.1, 0.15) is 0 Å². The van der Waals surface area contributed by atoms with E-state index in [2.05, 4.69) is 6.92 Å². The molecule has 0 heterocycles. The Bertz CT molecular complexity index is 362. The summed E-state index contributed by atoms with van der Waals surface area (Å²) in [5.41, 5.74) is 0. The van der Waals surface area contributed by atoms with Gasteiger partial charge in [-0.2, -0.15) is 8.42 Å². The van der Waals surface area contributed by atoms with E-state index in [0.29, 0.717) is 0 Å². The van der Waals surface area contributed by atoms with Crippen LogP contribution in [0.15, 0.2) is 0 Å². The average molecular weight is 306 g/mol. The minimum atomic E-state index is -4.84. The third-order valence-electron chi connectivity index (χ3n) is 2.20. The van der Waals surface area contributed by atoms with Crippen molar-refractivity contribution < 1.29 is 32.8 Å². The van der Waals surface area contributed by atoms with Gasteiger partial charge in [0.2, 0.25) is 0 Å². The van der Waals surface area contributed by atoms with Gasteiger partial charge in [0.15, 0.2) is 5.25 Å². The van der Waals surface area contributed by atoms with Crippen LogP contribution in [0.3, 0.4) is 0 Å². The first kappa shape index (κ1) is 21.2. The third-order valence-corrected chi connectivity index (χ3v) is 4.00. The average Bonchev–Trinajstić information content (AvgIpc) is 2.25. The Hall–Kier alpha value is -0.150. The minimum absolute atomic E-state index is 1.16. The van der Waals surface area contributed by atoms with Crippen molar-refractivity contribution in [3.63, 3.8) is 0 Å². The van der Waals surface area contributed by atoms with Gasteiger partial charge in [0, 0.05) is 0 Å². The van der Waals surface area contributed by atoms with Crippen LogP contribution in [-0.2, 0) is 19.7 Å². The zero-order chi connectivity index (χ0) is 15.5. The summed E-state index contributed by atoms with van der Waals surface area (Å²) in [5.74, 6) is -3.50. The monoisotopic (exact) mass is 306 g/mol. The molecule has 0 aliphatic carbocycles. The minimum Gasteiger partial charge on any atom is -0.481 e. The maximum Gasteiger partial charge on any atom is 0.325 e. The maximum absolute atomic E-state index is 10.2. The van der Waals surface area contributed by atoms with Crippen LogP contribution in [-0.4, -0.2) is 68.3 Å². The molecule has 0 aliphatic heterocycles. The molecule has 0 fully saturated rings. The summed E-state index contributed by atoms with van der Waals surface area (Å²) in [6.07, 6.45) is 4.62. The molecule has 0 saturated carbocycles. The van der Waals surface area contributed by atoms with Crippen LogP contribution in [0, 0.1) is 0 Å². The fraction of sp³-hybridized carbons (Fsp3) is 0.800. The molecule has 0 bridgehead atoms. The van der Waals surface area contributed by atoms with Gasteiger partial charge >= 0.3 is 76.1 Å². The molecular formula is C10H19NaO7S. The summed E-state index contributed by atoms with van der Waals surface area (Å²) in [7, 11) is -4.84. The Balaban J connectivity index is 0. The van der Waals surface area contributed by atoms with Gasteiger partial charge in [-0.3, -0.25) is 14.1 Å². The zero-order valence-electron chi connectivity index (χ0n) is 11.2. The van der Waals surface area contributed by atoms with E-state index in [4.69, 9.17) is 14.8 Å². The van der Waals surface area contributed by atoms with Crippen molar-refractivity contribution >= 4 is 50.0 Å². The van der Waals surface area contributed by atoms with E-state index >= 15 is 0 Å². The molecule has 7 nitrogen and oxygen atoms in total. The largest absolute Gasteiger partial charge is 0.481 e. The second-order valence-electron chi connectivity index (χ2n) is 4.00.